The number of hydrogen-bond acceptors (Lipinski definition) is 6. The van der Waals surface area contributed by atoms with Crippen LogP contribution < -0.4 is 9.47 Å². The van der Waals surface area contributed by atoms with Crippen molar-refractivity contribution in [2.75, 3.05) is 7.11 Å². The Bertz CT molecular complexity index is 1360. The molecule has 35 heavy (non-hydrogen) atoms. The zero-order valence-corrected chi connectivity index (χ0v) is 22.0. The predicted octanol–water partition coefficient (Wildman–Crippen LogP) is 7.22. The van der Waals surface area contributed by atoms with E-state index in [1.54, 1.807) is 24.3 Å². The lowest BCUT2D eigenvalue weighted by atomic mass is 10.1. The average molecular weight is 593 g/mol. The normalized spacial score (nSPS) is 14.5. The molecule has 0 radical (unpaired) electrons. The number of esters is 1. The van der Waals surface area contributed by atoms with E-state index in [4.69, 9.17) is 32.7 Å². The molecule has 0 unspecified atom stereocenters. The van der Waals surface area contributed by atoms with Crippen molar-refractivity contribution >= 4 is 74.1 Å². The number of rotatable bonds is 6. The van der Waals surface area contributed by atoms with Crippen LogP contribution in [-0.2, 0) is 11.3 Å². The maximum absolute atomic E-state index is 12.9. The summed E-state index contributed by atoms with van der Waals surface area (Å²) in [6, 6.07) is 16.7. The van der Waals surface area contributed by atoms with E-state index in [-0.39, 0.29) is 38.8 Å². The fourth-order valence-electron chi connectivity index (χ4n) is 3.24. The molecule has 178 valence electrons. The van der Waals surface area contributed by atoms with Gasteiger partial charge >= 0.3 is 5.97 Å². The Morgan fingerprint density at radius 3 is 2.49 bits per heavy atom. The number of benzene rings is 3. The molecule has 0 bridgehead atoms. The van der Waals surface area contributed by atoms with Gasteiger partial charge in [-0.3, -0.25) is 14.5 Å². The molecule has 0 aromatic heterocycles. The molecular formula is C25H16BrCl2NO5S. The molecule has 1 heterocycles. The van der Waals surface area contributed by atoms with Crippen LogP contribution in [0.1, 0.15) is 21.5 Å². The summed E-state index contributed by atoms with van der Waals surface area (Å²) in [7, 11) is 1.40. The molecule has 4 rings (SSSR count). The summed E-state index contributed by atoms with van der Waals surface area (Å²) in [6.45, 7) is 0.146. The van der Waals surface area contributed by atoms with Crippen LogP contribution >= 0.6 is 50.9 Å². The number of carbonyl (C=O) groups excluding carboxylic acids is 3. The Morgan fingerprint density at radius 1 is 1.09 bits per heavy atom. The second kappa shape index (κ2) is 10.9. The van der Waals surface area contributed by atoms with Crippen LogP contribution in [0.25, 0.3) is 6.08 Å². The monoisotopic (exact) mass is 591 g/mol. The zero-order chi connectivity index (χ0) is 25.1. The molecule has 0 spiro atoms. The highest BCUT2D eigenvalue weighted by molar-refractivity contribution is 9.10. The Morgan fingerprint density at radius 2 is 1.80 bits per heavy atom. The van der Waals surface area contributed by atoms with Crippen molar-refractivity contribution < 1.29 is 23.9 Å². The lowest BCUT2D eigenvalue weighted by Gasteiger charge is -2.13. The molecule has 1 fully saturated rings. The van der Waals surface area contributed by atoms with Gasteiger partial charge in [-0.1, -0.05) is 57.3 Å². The van der Waals surface area contributed by atoms with Crippen molar-refractivity contribution in [3.05, 3.63) is 96.8 Å². The minimum Gasteiger partial charge on any atom is -0.493 e. The van der Waals surface area contributed by atoms with Gasteiger partial charge in [-0.05, 0) is 71.4 Å². The van der Waals surface area contributed by atoms with Gasteiger partial charge in [0.15, 0.2) is 11.5 Å². The smallest absolute Gasteiger partial charge is 0.343 e. The number of carbonyl (C=O) groups is 3. The number of amides is 2. The first-order valence-electron chi connectivity index (χ1n) is 10.1. The van der Waals surface area contributed by atoms with Crippen LogP contribution in [0.15, 0.2) is 70.0 Å². The summed E-state index contributed by atoms with van der Waals surface area (Å²) in [5, 5.41) is 0.219. The van der Waals surface area contributed by atoms with Gasteiger partial charge in [0.05, 0.1) is 29.1 Å². The molecular weight excluding hydrogens is 577 g/mol. The summed E-state index contributed by atoms with van der Waals surface area (Å²) in [5.74, 6) is -0.821. The number of thioether (sulfide) groups is 1. The zero-order valence-electron chi connectivity index (χ0n) is 18.1. The molecule has 0 atom stereocenters. The number of methoxy groups -OCH3 is 1. The van der Waals surface area contributed by atoms with Crippen LogP contribution in [0.2, 0.25) is 10.0 Å². The Kier molecular flexibility index (Phi) is 7.86. The molecule has 2 amide bonds. The van der Waals surface area contributed by atoms with Crippen LogP contribution in [0.5, 0.6) is 11.5 Å². The lowest BCUT2D eigenvalue weighted by molar-refractivity contribution is -0.123. The lowest BCUT2D eigenvalue weighted by Crippen LogP contribution is -2.27. The first-order valence-corrected chi connectivity index (χ1v) is 12.5. The molecule has 3 aromatic carbocycles. The maximum Gasteiger partial charge on any atom is 0.343 e. The van der Waals surface area contributed by atoms with Gasteiger partial charge in [-0.15, -0.1) is 0 Å². The largest absolute Gasteiger partial charge is 0.493 e. The summed E-state index contributed by atoms with van der Waals surface area (Å²) in [5.41, 5.74) is 1.60. The summed E-state index contributed by atoms with van der Waals surface area (Å²) in [4.78, 5) is 39.4. The SMILES string of the molecule is COc1cc(/C=C2\SC(=O)N(Cc3ccccc3Br)C2=O)cc(Cl)c1OC(=O)c1ccc(Cl)cc1. The summed E-state index contributed by atoms with van der Waals surface area (Å²) in [6.07, 6.45) is 1.55. The van der Waals surface area contributed by atoms with E-state index in [0.29, 0.717) is 10.6 Å². The maximum atomic E-state index is 12.9. The predicted molar refractivity (Wildman–Crippen MR) is 140 cm³/mol. The van der Waals surface area contributed by atoms with E-state index in [2.05, 4.69) is 15.9 Å². The summed E-state index contributed by atoms with van der Waals surface area (Å²) < 4.78 is 11.6. The minimum absolute atomic E-state index is 0.0355. The highest BCUT2D eigenvalue weighted by Gasteiger charge is 2.35. The van der Waals surface area contributed by atoms with E-state index < -0.39 is 11.9 Å². The van der Waals surface area contributed by atoms with Crippen molar-refractivity contribution in [1.82, 2.24) is 4.90 Å². The second-order valence-electron chi connectivity index (χ2n) is 7.29. The Balaban J connectivity index is 1.57. The van der Waals surface area contributed by atoms with Crippen molar-refractivity contribution in [1.29, 1.82) is 0 Å². The third kappa shape index (κ3) is 5.73. The van der Waals surface area contributed by atoms with Crippen molar-refractivity contribution in [3.8, 4) is 11.5 Å². The molecule has 0 saturated carbocycles. The third-order valence-corrected chi connectivity index (χ3v) is 7.20. The molecule has 10 heteroatoms. The van der Waals surface area contributed by atoms with E-state index in [0.717, 1.165) is 21.8 Å². The van der Waals surface area contributed by atoms with E-state index in [9.17, 15) is 14.4 Å². The van der Waals surface area contributed by atoms with Gasteiger partial charge in [0.2, 0.25) is 0 Å². The Labute approximate surface area is 223 Å². The number of ether oxygens (including phenoxy) is 2. The van der Waals surface area contributed by atoms with Gasteiger partial charge in [0.1, 0.15) is 0 Å². The molecule has 1 saturated heterocycles. The number of imide groups is 1. The highest BCUT2D eigenvalue weighted by atomic mass is 79.9. The second-order valence-corrected chi connectivity index (χ2v) is 9.98. The third-order valence-electron chi connectivity index (χ3n) is 4.98. The van der Waals surface area contributed by atoms with Crippen LogP contribution in [0.4, 0.5) is 4.79 Å². The van der Waals surface area contributed by atoms with Gasteiger partial charge in [-0.25, -0.2) is 4.79 Å². The molecule has 1 aliphatic heterocycles. The van der Waals surface area contributed by atoms with Gasteiger partial charge in [0, 0.05) is 9.50 Å². The van der Waals surface area contributed by atoms with Crippen LogP contribution in [0, 0.1) is 0 Å². The molecule has 6 nitrogen and oxygen atoms in total. The average Bonchev–Trinajstić information content (AvgIpc) is 3.09. The van der Waals surface area contributed by atoms with Gasteiger partial charge < -0.3 is 9.47 Å². The Hall–Kier alpha value is -2.78. The summed E-state index contributed by atoms with van der Waals surface area (Å²) >= 11 is 16.5. The van der Waals surface area contributed by atoms with Crippen LogP contribution in [-0.4, -0.2) is 29.1 Å². The van der Waals surface area contributed by atoms with Gasteiger partial charge in [-0.2, -0.15) is 0 Å². The quantitative estimate of drug-likeness (QED) is 0.171. The number of nitrogens with zero attached hydrogens (tertiary/aromatic N) is 1. The van der Waals surface area contributed by atoms with E-state index in [1.165, 1.54) is 30.2 Å². The van der Waals surface area contributed by atoms with Crippen molar-refractivity contribution in [2.24, 2.45) is 0 Å². The molecule has 3 aromatic rings. The van der Waals surface area contributed by atoms with Crippen molar-refractivity contribution in [2.45, 2.75) is 6.54 Å². The highest BCUT2D eigenvalue weighted by Crippen LogP contribution is 2.39. The minimum atomic E-state index is -0.636. The van der Waals surface area contributed by atoms with E-state index >= 15 is 0 Å². The van der Waals surface area contributed by atoms with Crippen LogP contribution in [0.3, 0.4) is 0 Å². The molecule has 0 aliphatic carbocycles. The van der Waals surface area contributed by atoms with E-state index in [1.807, 2.05) is 24.3 Å². The molecule has 0 N–H and O–H groups in total. The first kappa shape index (κ1) is 25.3. The number of hydrogen-bond donors (Lipinski definition) is 0. The topological polar surface area (TPSA) is 72.9 Å². The van der Waals surface area contributed by atoms with Crippen molar-refractivity contribution in [3.63, 3.8) is 0 Å². The standard InChI is InChI=1S/C25H16BrCl2NO5S/c1-33-20-11-14(10-19(28)22(20)34-24(31)15-6-8-17(27)9-7-15)12-21-23(30)29(25(32)35-21)13-16-4-2-3-5-18(16)26/h2-12H,13H2,1H3/b21-12-. The fraction of sp³-hybridized carbons (Fsp3) is 0.0800. The molecule has 1 aliphatic rings. The number of halogens is 3. The van der Waals surface area contributed by atoms with Gasteiger partial charge in [0.25, 0.3) is 11.1 Å². The fourth-order valence-corrected chi connectivity index (χ4v) is 4.88. The first-order chi connectivity index (χ1) is 16.8.